The normalized spacial score (nSPS) is 11.8. The van der Waals surface area contributed by atoms with Crippen LogP contribution >= 0.6 is 23.4 Å². The van der Waals surface area contributed by atoms with E-state index in [2.05, 4.69) is 15.3 Å². The minimum absolute atomic E-state index is 0.0286. The number of nitrogens with zero attached hydrogens (tertiary/aromatic N) is 2. The Bertz CT molecular complexity index is 1030. The maximum atomic E-state index is 12.3. The van der Waals surface area contributed by atoms with Gasteiger partial charge in [0, 0.05) is 10.7 Å². The van der Waals surface area contributed by atoms with Crippen molar-refractivity contribution in [3.8, 4) is 0 Å². The molecule has 3 rings (SSSR count). The summed E-state index contributed by atoms with van der Waals surface area (Å²) in [5.74, 6) is -0.902. The van der Waals surface area contributed by atoms with Crippen LogP contribution in [0.4, 0.5) is 5.69 Å². The van der Waals surface area contributed by atoms with Gasteiger partial charge in [-0.25, -0.2) is 4.98 Å². The van der Waals surface area contributed by atoms with Crippen LogP contribution in [-0.4, -0.2) is 33.7 Å². The number of aryl methyl sites for hydroxylation is 1. The summed E-state index contributed by atoms with van der Waals surface area (Å²) in [6, 6.07) is 12.7. The second-order valence-corrected chi connectivity index (χ2v) is 7.50. The minimum atomic E-state index is -0.936. The molecule has 0 saturated heterocycles. The molecule has 0 spiro atoms. The Morgan fingerprint density at radius 1 is 1.21 bits per heavy atom. The van der Waals surface area contributed by atoms with E-state index in [1.165, 1.54) is 18.7 Å². The summed E-state index contributed by atoms with van der Waals surface area (Å²) >= 11 is 7.16. The molecule has 1 amide bonds. The van der Waals surface area contributed by atoms with Crippen molar-refractivity contribution in [2.45, 2.75) is 25.0 Å². The number of ether oxygens (including phenoxy) is 1. The number of carbonyl (C=O) groups excluding carboxylic acids is 2. The molecule has 8 heteroatoms. The number of carbonyl (C=O) groups is 2. The predicted molar refractivity (Wildman–Crippen MR) is 111 cm³/mol. The molecule has 1 aromatic heterocycles. The van der Waals surface area contributed by atoms with Crippen LogP contribution in [0.2, 0.25) is 5.02 Å². The van der Waals surface area contributed by atoms with Gasteiger partial charge in [0.15, 0.2) is 6.10 Å². The van der Waals surface area contributed by atoms with E-state index in [1.807, 2.05) is 31.2 Å². The first-order valence-corrected chi connectivity index (χ1v) is 9.90. The van der Waals surface area contributed by atoms with Gasteiger partial charge in [-0.2, -0.15) is 0 Å². The van der Waals surface area contributed by atoms with Gasteiger partial charge in [-0.3, -0.25) is 14.6 Å². The zero-order valence-corrected chi connectivity index (χ0v) is 16.9. The van der Waals surface area contributed by atoms with Gasteiger partial charge in [-0.1, -0.05) is 41.6 Å². The van der Waals surface area contributed by atoms with Gasteiger partial charge in [0.05, 0.1) is 23.0 Å². The number of benzene rings is 2. The summed E-state index contributed by atoms with van der Waals surface area (Å²) in [6.07, 6.45) is 0.674. The van der Waals surface area contributed by atoms with E-state index in [1.54, 1.807) is 24.4 Å². The van der Waals surface area contributed by atoms with E-state index >= 15 is 0 Å². The fourth-order valence-corrected chi connectivity index (χ4v) is 3.19. The topological polar surface area (TPSA) is 81.2 Å². The fourth-order valence-electron chi connectivity index (χ4n) is 2.39. The summed E-state index contributed by atoms with van der Waals surface area (Å²) < 4.78 is 5.21. The summed E-state index contributed by atoms with van der Waals surface area (Å²) in [4.78, 5) is 33.1. The van der Waals surface area contributed by atoms with Crippen molar-refractivity contribution in [1.29, 1.82) is 0 Å². The number of nitrogens with one attached hydrogen (secondary N) is 1. The molecule has 1 atom stereocenters. The van der Waals surface area contributed by atoms with Crippen molar-refractivity contribution >= 4 is 52.0 Å². The summed E-state index contributed by atoms with van der Waals surface area (Å²) in [5.41, 5.74) is 2.99. The highest BCUT2D eigenvalue weighted by molar-refractivity contribution is 7.99. The predicted octanol–water partition coefficient (Wildman–Crippen LogP) is 4.25. The molecule has 144 valence electrons. The number of fused-ring (bicyclic) bond motifs is 1. The van der Waals surface area contributed by atoms with Crippen molar-refractivity contribution in [2.75, 3.05) is 11.1 Å². The summed E-state index contributed by atoms with van der Waals surface area (Å²) in [6.45, 7) is 3.37. The Morgan fingerprint density at radius 2 is 1.96 bits per heavy atom. The lowest BCUT2D eigenvalue weighted by Gasteiger charge is -2.14. The third kappa shape index (κ3) is 5.21. The summed E-state index contributed by atoms with van der Waals surface area (Å²) in [5, 5.41) is 3.85. The molecule has 0 saturated carbocycles. The van der Waals surface area contributed by atoms with Crippen LogP contribution in [0.3, 0.4) is 0 Å². The highest BCUT2D eigenvalue weighted by Crippen LogP contribution is 2.21. The molecule has 1 N–H and O–H groups in total. The molecule has 0 radical (unpaired) electrons. The van der Waals surface area contributed by atoms with Gasteiger partial charge in [0.2, 0.25) is 0 Å². The van der Waals surface area contributed by atoms with E-state index in [4.69, 9.17) is 16.3 Å². The maximum absolute atomic E-state index is 12.3. The van der Waals surface area contributed by atoms with Crippen LogP contribution in [0, 0.1) is 6.92 Å². The molecular formula is C20H18ClN3O3S. The van der Waals surface area contributed by atoms with Gasteiger partial charge in [-0.15, -0.1) is 0 Å². The number of para-hydroxylation sites is 2. The standard InChI is InChI=1S/C20H18ClN3O3S/c1-12-7-8-14(21)9-17(12)24-20(26)13(2)27-19(25)11-28-18-10-22-15-5-3-4-6-16(15)23-18/h3-10,13H,11H2,1-2H3,(H,24,26). The van der Waals surface area contributed by atoms with E-state index in [9.17, 15) is 9.59 Å². The van der Waals surface area contributed by atoms with Crippen molar-refractivity contribution in [3.63, 3.8) is 0 Å². The lowest BCUT2D eigenvalue weighted by molar-refractivity contribution is -0.150. The second-order valence-electron chi connectivity index (χ2n) is 6.07. The molecule has 0 aliphatic heterocycles. The minimum Gasteiger partial charge on any atom is -0.452 e. The van der Waals surface area contributed by atoms with Crippen molar-refractivity contribution < 1.29 is 14.3 Å². The van der Waals surface area contributed by atoms with Crippen LogP contribution < -0.4 is 5.32 Å². The zero-order valence-electron chi connectivity index (χ0n) is 15.3. The molecule has 1 heterocycles. The Morgan fingerprint density at radius 3 is 2.75 bits per heavy atom. The third-order valence-corrected chi connectivity index (χ3v) is 5.01. The second kappa shape index (κ2) is 9.03. The molecule has 3 aromatic rings. The van der Waals surface area contributed by atoms with Gasteiger partial charge in [-0.05, 0) is 43.7 Å². The van der Waals surface area contributed by atoms with Crippen LogP contribution in [0.5, 0.6) is 0 Å². The van der Waals surface area contributed by atoms with Gasteiger partial charge in [0.25, 0.3) is 5.91 Å². The average Bonchev–Trinajstić information content (AvgIpc) is 2.69. The quantitative estimate of drug-likeness (QED) is 0.478. The van der Waals surface area contributed by atoms with E-state index in [-0.39, 0.29) is 5.75 Å². The monoisotopic (exact) mass is 415 g/mol. The first-order valence-electron chi connectivity index (χ1n) is 8.53. The van der Waals surface area contributed by atoms with Crippen LogP contribution in [0.25, 0.3) is 11.0 Å². The van der Waals surface area contributed by atoms with Crippen LogP contribution in [-0.2, 0) is 14.3 Å². The summed E-state index contributed by atoms with van der Waals surface area (Å²) in [7, 11) is 0. The fraction of sp³-hybridized carbons (Fsp3) is 0.200. The third-order valence-electron chi connectivity index (χ3n) is 3.90. The van der Waals surface area contributed by atoms with E-state index in [0.717, 1.165) is 16.6 Å². The number of rotatable bonds is 6. The molecule has 0 aliphatic rings. The molecule has 28 heavy (non-hydrogen) atoms. The van der Waals surface area contributed by atoms with Gasteiger partial charge < -0.3 is 10.1 Å². The molecule has 2 aromatic carbocycles. The zero-order chi connectivity index (χ0) is 20.1. The molecular weight excluding hydrogens is 398 g/mol. The molecule has 0 fully saturated rings. The largest absolute Gasteiger partial charge is 0.452 e. The number of aromatic nitrogens is 2. The average molecular weight is 416 g/mol. The van der Waals surface area contributed by atoms with E-state index < -0.39 is 18.0 Å². The molecule has 1 unspecified atom stereocenters. The molecule has 0 aliphatic carbocycles. The number of anilines is 1. The van der Waals surface area contributed by atoms with Gasteiger partial charge in [0.1, 0.15) is 5.03 Å². The lowest BCUT2D eigenvalue weighted by atomic mass is 10.2. The maximum Gasteiger partial charge on any atom is 0.317 e. The number of hydrogen-bond acceptors (Lipinski definition) is 6. The highest BCUT2D eigenvalue weighted by atomic mass is 35.5. The van der Waals surface area contributed by atoms with Crippen molar-refractivity contribution in [1.82, 2.24) is 9.97 Å². The lowest BCUT2D eigenvalue weighted by Crippen LogP contribution is -2.30. The number of esters is 1. The Labute approximate surface area is 171 Å². The molecule has 0 bridgehead atoms. The smallest absolute Gasteiger partial charge is 0.317 e. The number of amides is 1. The van der Waals surface area contributed by atoms with E-state index in [0.29, 0.717) is 15.7 Å². The first kappa shape index (κ1) is 20.1. The molecule has 6 nitrogen and oxygen atoms in total. The number of halogens is 1. The van der Waals surface area contributed by atoms with Gasteiger partial charge >= 0.3 is 5.97 Å². The van der Waals surface area contributed by atoms with Crippen LogP contribution in [0.1, 0.15) is 12.5 Å². The Kier molecular flexibility index (Phi) is 6.49. The number of thioether (sulfide) groups is 1. The number of hydrogen-bond donors (Lipinski definition) is 1. The SMILES string of the molecule is Cc1ccc(Cl)cc1NC(=O)C(C)OC(=O)CSc1cnc2ccccc2n1. The van der Waals surface area contributed by atoms with Crippen LogP contribution in [0.15, 0.2) is 53.7 Å². The Balaban J connectivity index is 1.53. The van der Waals surface area contributed by atoms with Crippen molar-refractivity contribution in [3.05, 3.63) is 59.2 Å². The highest BCUT2D eigenvalue weighted by Gasteiger charge is 2.19. The first-order chi connectivity index (χ1) is 13.4. The Hall–Kier alpha value is -2.64. The van der Waals surface area contributed by atoms with Crippen molar-refractivity contribution in [2.24, 2.45) is 0 Å².